The summed E-state index contributed by atoms with van der Waals surface area (Å²) in [7, 11) is 1.68. The van der Waals surface area contributed by atoms with Gasteiger partial charge in [0.2, 0.25) is 5.96 Å². The number of aryl methyl sites for hydroxylation is 1. The highest BCUT2D eigenvalue weighted by atomic mass is 31.2. The van der Waals surface area contributed by atoms with Crippen molar-refractivity contribution >= 4 is 31.6 Å². The molecule has 12 nitrogen and oxygen atoms in total. The molecule has 0 fully saturated rings. The first kappa shape index (κ1) is 32.2. The van der Waals surface area contributed by atoms with Crippen LogP contribution in [0.3, 0.4) is 0 Å². The highest BCUT2D eigenvalue weighted by molar-refractivity contribution is 7.46. The van der Waals surface area contributed by atoms with Crippen LogP contribution in [0.5, 0.6) is 5.75 Å². The number of carbonyl (C=O) groups excluding carboxylic acids is 1. The minimum Gasteiger partial charge on any atom is -0.495 e. The van der Waals surface area contributed by atoms with Crippen LogP contribution in [0.2, 0.25) is 0 Å². The fraction of sp³-hybridized carbons (Fsp3) is 0.379. The molecule has 2 unspecified atom stereocenters. The summed E-state index contributed by atoms with van der Waals surface area (Å²) in [6, 6.07) is 8.59. The molecular weight excluding hydrogens is 612 g/mol. The summed E-state index contributed by atoms with van der Waals surface area (Å²) in [5.41, 5.74) is 2.35. The van der Waals surface area contributed by atoms with Gasteiger partial charge in [-0.2, -0.15) is 18.3 Å². The van der Waals surface area contributed by atoms with Gasteiger partial charge in [-0.25, -0.2) is 9.98 Å². The number of ether oxygens (including phenoxy) is 1. The Hall–Kier alpha value is -4.20. The van der Waals surface area contributed by atoms with Crippen LogP contribution < -0.4 is 26.0 Å². The van der Waals surface area contributed by atoms with E-state index in [-0.39, 0.29) is 17.3 Å². The Morgan fingerprint density at radius 1 is 1.22 bits per heavy atom. The van der Waals surface area contributed by atoms with Gasteiger partial charge in [-0.3, -0.25) is 9.48 Å². The van der Waals surface area contributed by atoms with Gasteiger partial charge in [0.1, 0.15) is 11.9 Å². The Morgan fingerprint density at radius 3 is 2.76 bits per heavy atom. The van der Waals surface area contributed by atoms with Crippen LogP contribution in [0.15, 0.2) is 53.3 Å². The lowest BCUT2D eigenvalue weighted by molar-refractivity contribution is -0.0957. The molecular formula is C29H34F3N8O4P. The molecule has 0 radical (unpaired) electrons. The van der Waals surface area contributed by atoms with Gasteiger partial charge in [-0.05, 0) is 50.1 Å². The predicted molar refractivity (Wildman–Crippen MR) is 165 cm³/mol. The monoisotopic (exact) mass is 646 g/mol. The van der Waals surface area contributed by atoms with Crippen molar-refractivity contribution in [2.75, 3.05) is 38.0 Å². The number of nitrogens with zero attached hydrogens (tertiary/aromatic N) is 4. The van der Waals surface area contributed by atoms with E-state index in [0.29, 0.717) is 55.0 Å². The molecule has 2 aromatic heterocycles. The first-order chi connectivity index (χ1) is 21.6. The quantitative estimate of drug-likeness (QED) is 0.284. The van der Waals surface area contributed by atoms with E-state index in [1.54, 1.807) is 18.3 Å². The zero-order valence-electron chi connectivity index (χ0n) is 25.2. The van der Waals surface area contributed by atoms with Gasteiger partial charge >= 0.3 is 6.18 Å². The maximum Gasteiger partial charge on any atom is 0.417 e. The Kier molecular flexibility index (Phi) is 9.90. The summed E-state index contributed by atoms with van der Waals surface area (Å²) in [5.74, 6) is -0.0953. The topological polar surface area (TPSA) is 136 Å². The molecule has 1 aromatic carbocycles. The van der Waals surface area contributed by atoms with Crippen LogP contribution in [0, 0.1) is 6.92 Å². The molecule has 1 amide bonds. The van der Waals surface area contributed by atoms with Crippen LogP contribution in [-0.4, -0.2) is 66.3 Å². The minimum absolute atomic E-state index is 0.0303. The van der Waals surface area contributed by atoms with E-state index in [4.69, 9.17) is 13.8 Å². The third-order valence-corrected chi connectivity index (χ3v) is 8.76. The fourth-order valence-corrected chi connectivity index (χ4v) is 6.22. The molecule has 8 bridgehead atoms. The molecule has 3 aromatic rings. The number of aliphatic imine (C=N–C) groups is 1. The van der Waals surface area contributed by atoms with E-state index in [0.717, 1.165) is 17.5 Å². The number of aromatic nitrogens is 3. The number of methoxy groups -OCH3 is 1. The van der Waals surface area contributed by atoms with E-state index in [1.165, 1.54) is 20.2 Å². The number of hydrogen-bond donors (Lipinski definition) is 4. The molecule has 7 heterocycles. The maximum absolute atomic E-state index is 14.1. The average Bonchev–Trinajstić information content (AvgIpc) is 3.38. The first-order valence-corrected chi connectivity index (χ1v) is 15.6. The van der Waals surface area contributed by atoms with Crippen molar-refractivity contribution in [3.8, 4) is 17.0 Å². The van der Waals surface area contributed by atoms with E-state index in [2.05, 4.69) is 36.3 Å². The summed E-state index contributed by atoms with van der Waals surface area (Å²) >= 11 is 0. The summed E-state index contributed by atoms with van der Waals surface area (Å²) in [4.78, 5) is 21.4. The molecule has 16 heteroatoms. The van der Waals surface area contributed by atoms with Gasteiger partial charge in [0, 0.05) is 37.2 Å². The van der Waals surface area contributed by atoms with Crippen LogP contribution in [0.1, 0.15) is 35.1 Å². The van der Waals surface area contributed by atoms with E-state index >= 15 is 0 Å². The number of benzene rings is 1. The van der Waals surface area contributed by atoms with Crippen LogP contribution in [0.4, 0.5) is 24.5 Å². The van der Waals surface area contributed by atoms with E-state index in [1.807, 2.05) is 30.7 Å². The summed E-state index contributed by atoms with van der Waals surface area (Å²) in [6.07, 6.45) is -2.66. The molecule has 0 spiro atoms. The number of hydrogen-bond acceptors (Lipinski definition) is 10. The zero-order chi connectivity index (χ0) is 32.1. The van der Waals surface area contributed by atoms with Crippen molar-refractivity contribution in [2.24, 2.45) is 4.99 Å². The van der Waals surface area contributed by atoms with Gasteiger partial charge in [0.05, 0.1) is 49.2 Å². The number of anilines is 2. The molecule has 0 saturated heterocycles. The second-order valence-corrected chi connectivity index (χ2v) is 11.6. The lowest BCUT2D eigenvalue weighted by atomic mass is 10.1. The average molecular weight is 647 g/mol. The van der Waals surface area contributed by atoms with Gasteiger partial charge in [-0.15, -0.1) is 0 Å². The minimum atomic E-state index is -4.72. The Morgan fingerprint density at radius 2 is 2.02 bits per heavy atom. The maximum atomic E-state index is 14.1. The third-order valence-electron chi connectivity index (χ3n) is 7.12. The Bertz CT molecular complexity index is 1610. The predicted octanol–water partition coefficient (Wildman–Crippen LogP) is 5.15. The second-order valence-electron chi connectivity index (χ2n) is 10.1. The highest BCUT2D eigenvalue weighted by Gasteiger charge is 2.41. The smallest absolute Gasteiger partial charge is 0.417 e. The zero-order valence-corrected chi connectivity index (χ0v) is 26.1. The summed E-state index contributed by atoms with van der Waals surface area (Å²) in [6.45, 7) is 5.31. The molecule has 45 heavy (non-hydrogen) atoms. The summed E-state index contributed by atoms with van der Waals surface area (Å²) in [5, 5.41) is 15.6. The number of guanidine groups is 1. The lowest BCUT2D eigenvalue weighted by Gasteiger charge is -2.30. The molecule has 0 aliphatic carbocycles. The van der Waals surface area contributed by atoms with Gasteiger partial charge in [0.15, 0.2) is 14.1 Å². The molecule has 2 atom stereocenters. The number of pyridine rings is 1. The lowest BCUT2D eigenvalue weighted by Crippen LogP contribution is -2.50. The van der Waals surface area contributed by atoms with Crippen molar-refractivity contribution in [1.82, 2.24) is 25.4 Å². The van der Waals surface area contributed by atoms with Crippen LogP contribution >= 0.6 is 8.38 Å². The number of rotatable bonds is 4. The number of amides is 1. The van der Waals surface area contributed by atoms with Crippen LogP contribution in [-0.2, 0) is 21.8 Å². The molecule has 4 N–H and O–H groups in total. The van der Waals surface area contributed by atoms with Crippen molar-refractivity contribution in [1.29, 1.82) is 0 Å². The van der Waals surface area contributed by atoms with Gasteiger partial charge in [0.25, 0.3) is 5.91 Å². The van der Waals surface area contributed by atoms with Gasteiger partial charge < -0.3 is 35.1 Å². The fourth-order valence-electron chi connectivity index (χ4n) is 4.84. The highest BCUT2D eigenvalue weighted by Crippen LogP contribution is 2.43. The van der Waals surface area contributed by atoms with Crippen molar-refractivity contribution < 1.29 is 31.8 Å². The SMILES string of the molecule is CCOP1Cc2ccc(c(OC)c2)NC2=NC=C(C(F)(F)F)C(N2)Nc2ccc(nc2C(=O)NC)-c2cnn(c2C)CCCO1. The van der Waals surface area contributed by atoms with Crippen molar-refractivity contribution in [3.63, 3.8) is 0 Å². The normalized spacial score (nSPS) is 18.7. The second kappa shape index (κ2) is 13.8. The number of nitrogens with one attached hydrogen (secondary N) is 4. The van der Waals surface area contributed by atoms with Crippen molar-refractivity contribution in [2.45, 2.75) is 45.3 Å². The number of carbonyl (C=O) groups is 1. The largest absolute Gasteiger partial charge is 0.495 e. The molecule has 240 valence electrons. The van der Waals surface area contributed by atoms with E-state index in [9.17, 15) is 18.0 Å². The standard InChI is InChI=1S/C29H34F3N8O4P/c1-5-43-45-16-18-7-8-22(24(13-18)42-4)38-28-34-15-20(29(30,31)32)26(39-28)37-23-10-9-21(36-25(23)27(41)33-3)19-14-35-40(17(19)2)11-6-12-44-45/h7-10,13-15,26,37H,5-6,11-12,16H2,1-4H3,(H,33,41)(H2,34,38,39). The molecule has 5 aliphatic rings. The molecule has 0 saturated carbocycles. The Balaban J connectivity index is 1.57. The van der Waals surface area contributed by atoms with Crippen molar-refractivity contribution in [3.05, 3.63) is 65.3 Å². The molecule has 8 rings (SSSR count). The Labute approximate surface area is 259 Å². The van der Waals surface area contributed by atoms with Crippen LogP contribution in [0.25, 0.3) is 11.3 Å². The number of halogens is 3. The summed E-state index contributed by atoms with van der Waals surface area (Å²) < 4.78 is 61.8. The molecule has 5 aliphatic heterocycles. The third kappa shape index (κ3) is 7.38. The number of alkyl halides is 3. The first-order valence-electron chi connectivity index (χ1n) is 14.2. The van der Waals surface area contributed by atoms with Gasteiger partial charge in [-0.1, -0.05) is 6.07 Å². The van der Waals surface area contributed by atoms with E-state index < -0.39 is 32.2 Å².